The lowest BCUT2D eigenvalue weighted by molar-refractivity contribution is 0.104. The van der Waals surface area contributed by atoms with Crippen LogP contribution in [0.4, 0.5) is 0 Å². The molecule has 1 saturated carbocycles. The summed E-state index contributed by atoms with van der Waals surface area (Å²) in [5.74, 6) is 1.34. The molecule has 0 aliphatic heterocycles. The molecule has 128 valence electrons. The van der Waals surface area contributed by atoms with Gasteiger partial charge in [0.1, 0.15) is 0 Å². The maximum Gasteiger partial charge on any atom is 0.192 e. The minimum Gasteiger partial charge on any atom is -0.416 e. The van der Waals surface area contributed by atoms with Gasteiger partial charge in [-0.05, 0) is 66.1 Å². The lowest BCUT2D eigenvalue weighted by Gasteiger charge is -2.43. The maximum atomic E-state index is 10.3. The van der Waals surface area contributed by atoms with Gasteiger partial charge in [-0.2, -0.15) is 0 Å². The van der Waals surface area contributed by atoms with E-state index in [-0.39, 0.29) is 17.1 Å². The van der Waals surface area contributed by atoms with Crippen molar-refractivity contribution in [3.8, 4) is 0 Å². The van der Waals surface area contributed by atoms with Gasteiger partial charge < -0.3 is 9.53 Å². The molecule has 3 rings (SSSR count). The standard InChI is InChI=1S/C19H29ClO2Si/c1-18(2,3)23(4,5)22-12-19(11-21)10-13-8-15(13)16-9-14(20)6-7-17(16)19/h6-7,9,13,15,21H,8,10-12H2,1-5H3/t13-,15-,19-/m0/s1. The second-order valence-corrected chi connectivity index (χ2v) is 14.3. The van der Waals surface area contributed by atoms with E-state index in [1.165, 1.54) is 17.5 Å². The lowest BCUT2D eigenvalue weighted by atomic mass is 9.71. The fourth-order valence-corrected chi connectivity index (χ4v) is 4.91. The van der Waals surface area contributed by atoms with Gasteiger partial charge in [-0.1, -0.05) is 38.4 Å². The van der Waals surface area contributed by atoms with Gasteiger partial charge in [0.25, 0.3) is 0 Å². The van der Waals surface area contributed by atoms with Crippen LogP contribution in [-0.2, 0) is 9.84 Å². The van der Waals surface area contributed by atoms with Gasteiger partial charge in [-0.3, -0.25) is 0 Å². The summed E-state index contributed by atoms with van der Waals surface area (Å²) < 4.78 is 6.53. The summed E-state index contributed by atoms with van der Waals surface area (Å²) in [7, 11) is -1.83. The zero-order valence-electron chi connectivity index (χ0n) is 14.9. The van der Waals surface area contributed by atoms with Gasteiger partial charge in [0.2, 0.25) is 0 Å². The molecule has 0 heterocycles. The van der Waals surface area contributed by atoms with E-state index in [0.717, 1.165) is 11.4 Å². The first-order valence-electron chi connectivity index (χ1n) is 8.64. The Morgan fingerprint density at radius 2 is 2.04 bits per heavy atom. The predicted octanol–water partition coefficient (Wildman–Crippen LogP) is 5.10. The smallest absolute Gasteiger partial charge is 0.192 e. The number of aliphatic hydroxyl groups is 1. The molecule has 0 radical (unpaired) electrons. The molecule has 2 nitrogen and oxygen atoms in total. The molecule has 1 aromatic carbocycles. The third-order valence-electron chi connectivity index (χ3n) is 6.38. The molecule has 0 unspecified atom stereocenters. The number of hydrogen-bond acceptors (Lipinski definition) is 2. The maximum absolute atomic E-state index is 10.3. The van der Waals surface area contributed by atoms with Crippen LogP contribution in [-0.4, -0.2) is 26.6 Å². The first-order chi connectivity index (χ1) is 10.6. The van der Waals surface area contributed by atoms with E-state index in [0.29, 0.717) is 18.4 Å². The van der Waals surface area contributed by atoms with E-state index in [4.69, 9.17) is 16.0 Å². The lowest BCUT2D eigenvalue weighted by Crippen LogP contribution is -2.47. The van der Waals surface area contributed by atoms with Gasteiger partial charge in [0, 0.05) is 17.0 Å². The highest BCUT2D eigenvalue weighted by molar-refractivity contribution is 6.74. The average molecular weight is 353 g/mol. The van der Waals surface area contributed by atoms with Crippen LogP contribution in [0.15, 0.2) is 18.2 Å². The third-order valence-corrected chi connectivity index (χ3v) is 11.1. The van der Waals surface area contributed by atoms with Crippen molar-refractivity contribution >= 4 is 19.9 Å². The molecule has 0 amide bonds. The fraction of sp³-hybridized carbons (Fsp3) is 0.684. The Kier molecular flexibility index (Phi) is 4.24. The molecule has 4 heteroatoms. The van der Waals surface area contributed by atoms with Gasteiger partial charge in [0.05, 0.1) is 6.61 Å². The van der Waals surface area contributed by atoms with Crippen molar-refractivity contribution in [3.05, 3.63) is 34.3 Å². The highest BCUT2D eigenvalue weighted by atomic mass is 35.5. The van der Waals surface area contributed by atoms with Crippen molar-refractivity contribution in [1.29, 1.82) is 0 Å². The van der Waals surface area contributed by atoms with Crippen LogP contribution in [0.3, 0.4) is 0 Å². The number of hydrogen-bond donors (Lipinski definition) is 1. The van der Waals surface area contributed by atoms with E-state index in [2.05, 4.69) is 46.0 Å². The molecule has 0 bridgehead atoms. The Hall–Kier alpha value is -0.353. The summed E-state index contributed by atoms with van der Waals surface area (Å²) in [4.78, 5) is 0. The van der Waals surface area contributed by atoms with Crippen molar-refractivity contribution < 1.29 is 9.53 Å². The molecule has 0 aromatic heterocycles. The summed E-state index contributed by atoms with van der Waals surface area (Å²) in [5, 5.41) is 11.3. The molecule has 0 saturated heterocycles. The third kappa shape index (κ3) is 3.01. The van der Waals surface area contributed by atoms with Crippen LogP contribution in [0.2, 0.25) is 23.2 Å². The van der Waals surface area contributed by atoms with E-state index < -0.39 is 8.32 Å². The number of halogens is 1. The minimum atomic E-state index is -1.83. The van der Waals surface area contributed by atoms with Gasteiger partial charge in [-0.15, -0.1) is 0 Å². The highest BCUT2D eigenvalue weighted by Gasteiger charge is 2.53. The predicted molar refractivity (Wildman–Crippen MR) is 98.8 cm³/mol. The van der Waals surface area contributed by atoms with Crippen LogP contribution in [0.25, 0.3) is 0 Å². The Morgan fingerprint density at radius 1 is 1.35 bits per heavy atom. The summed E-state index contributed by atoms with van der Waals surface area (Å²) >= 11 is 6.22. The minimum absolute atomic E-state index is 0.152. The molecule has 3 atom stereocenters. The largest absolute Gasteiger partial charge is 0.416 e. The van der Waals surface area contributed by atoms with E-state index in [1.807, 2.05) is 6.07 Å². The number of aliphatic hydroxyl groups excluding tert-OH is 1. The molecule has 2 aliphatic carbocycles. The van der Waals surface area contributed by atoms with Gasteiger partial charge in [-0.25, -0.2) is 0 Å². The van der Waals surface area contributed by atoms with Crippen LogP contribution < -0.4 is 0 Å². The van der Waals surface area contributed by atoms with Gasteiger partial charge >= 0.3 is 0 Å². The topological polar surface area (TPSA) is 29.5 Å². The first kappa shape index (κ1) is 17.5. The number of rotatable bonds is 4. The van der Waals surface area contributed by atoms with Crippen molar-refractivity contribution in [1.82, 2.24) is 0 Å². The van der Waals surface area contributed by atoms with Crippen molar-refractivity contribution in [2.45, 2.75) is 63.1 Å². The van der Waals surface area contributed by atoms with E-state index >= 15 is 0 Å². The normalized spacial score (nSPS) is 29.9. The van der Waals surface area contributed by atoms with E-state index in [9.17, 15) is 5.11 Å². The van der Waals surface area contributed by atoms with Crippen LogP contribution in [0, 0.1) is 5.92 Å². The number of benzene rings is 1. The van der Waals surface area contributed by atoms with Crippen molar-refractivity contribution in [2.24, 2.45) is 5.92 Å². The Balaban J connectivity index is 1.91. The average Bonchev–Trinajstić information content (AvgIpc) is 3.22. The van der Waals surface area contributed by atoms with Crippen molar-refractivity contribution in [2.75, 3.05) is 13.2 Å². The highest BCUT2D eigenvalue weighted by Crippen LogP contribution is 2.60. The summed E-state index contributed by atoms with van der Waals surface area (Å²) in [6.07, 6.45) is 2.27. The molecular weight excluding hydrogens is 324 g/mol. The molecule has 1 N–H and O–H groups in total. The monoisotopic (exact) mass is 352 g/mol. The zero-order valence-corrected chi connectivity index (χ0v) is 16.7. The first-order valence-corrected chi connectivity index (χ1v) is 11.9. The molecule has 23 heavy (non-hydrogen) atoms. The quantitative estimate of drug-likeness (QED) is 0.764. The summed E-state index contributed by atoms with van der Waals surface area (Å²) in [6, 6.07) is 6.19. The summed E-state index contributed by atoms with van der Waals surface area (Å²) in [5.41, 5.74) is 2.36. The van der Waals surface area contributed by atoms with Crippen LogP contribution >= 0.6 is 11.6 Å². The Labute approximate surface area is 146 Å². The molecule has 1 fully saturated rings. The van der Waals surface area contributed by atoms with Crippen LogP contribution in [0.5, 0.6) is 0 Å². The fourth-order valence-electron chi connectivity index (χ4n) is 3.66. The van der Waals surface area contributed by atoms with Crippen molar-refractivity contribution in [3.63, 3.8) is 0 Å². The Morgan fingerprint density at radius 3 is 2.65 bits per heavy atom. The molecular formula is C19H29ClO2Si. The Bertz CT molecular complexity index is 608. The van der Waals surface area contributed by atoms with E-state index in [1.54, 1.807) is 0 Å². The molecule has 0 spiro atoms. The van der Waals surface area contributed by atoms with Crippen LogP contribution in [0.1, 0.15) is 50.7 Å². The second-order valence-electron chi connectivity index (χ2n) is 9.03. The van der Waals surface area contributed by atoms with Gasteiger partial charge in [0.15, 0.2) is 8.32 Å². The number of fused-ring (bicyclic) bond motifs is 3. The molecule has 1 aromatic rings. The summed E-state index contributed by atoms with van der Waals surface area (Å²) in [6.45, 7) is 12.1. The second kappa shape index (κ2) is 5.59. The zero-order chi connectivity index (χ0) is 17.0. The SMILES string of the molecule is CC(C)(C)[Si](C)(C)OC[C@@]1(CO)C[C@@H]2C[C@@H]2c2cc(Cl)ccc21. The molecule has 2 aliphatic rings.